The molecule has 1 rings (SSSR count). The van der Waals surface area contributed by atoms with Crippen LogP contribution in [0.2, 0.25) is 0 Å². The summed E-state index contributed by atoms with van der Waals surface area (Å²) in [4.78, 5) is 26.0. The molecular weight excluding hydrogens is 222 g/mol. The summed E-state index contributed by atoms with van der Waals surface area (Å²) in [5.74, 6) is -0.777. The monoisotopic (exact) mass is 243 g/mol. The molecule has 1 fully saturated rings. The van der Waals surface area contributed by atoms with E-state index in [4.69, 9.17) is 10.8 Å². The molecule has 1 aliphatic rings. The number of carboxylic acids is 1. The van der Waals surface area contributed by atoms with Crippen LogP contribution in [0.3, 0.4) is 0 Å². The van der Waals surface area contributed by atoms with E-state index in [9.17, 15) is 9.59 Å². The highest BCUT2D eigenvalue weighted by atomic mass is 16.4. The van der Waals surface area contributed by atoms with Crippen LogP contribution < -0.4 is 5.73 Å². The summed E-state index contributed by atoms with van der Waals surface area (Å²) >= 11 is 0. The summed E-state index contributed by atoms with van der Waals surface area (Å²) in [6.07, 6.45) is 0.325. The minimum absolute atomic E-state index is 0.0460. The molecule has 0 unspecified atom stereocenters. The number of hydrogen-bond donors (Lipinski definition) is 2. The third-order valence-electron chi connectivity index (χ3n) is 2.69. The fraction of sp³-hybridized carbons (Fsp3) is 0.818. The number of piperazine rings is 1. The first kappa shape index (κ1) is 13.9. The van der Waals surface area contributed by atoms with E-state index in [2.05, 4.69) is 0 Å². The third kappa shape index (κ3) is 5.14. The Bertz CT molecular complexity index is 291. The van der Waals surface area contributed by atoms with Crippen molar-refractivity contribution in [3.63, 3.8) is 0 Å². The highest BCUT2D eigenvalue weighted by molar-refractivity contribution is 5.77. The van der Waals surface area contributed by atoms with Crippen molar-refractivity contribution >= 4 is 11.9 Å². The number of carbonyl (C=O) groups is 2. The maximum atomic E-state index is 11.9. The van der Waals surface area contributed by atoms with Gasteiger partial charge in [-0.2, -0.15) is 0 Å². The fourth-order valence-electron chi connectivity index (χ4n) is 1.85. The Hall–Kier alpha value is -1.14. The van der Waals surface area contributed by atoms with Crippen molar-refractivity contribution < 1.29 is 14.7 Å². The van der Waals surface area contributed by atoms with Crippen LogP contribution in [0.4, 0.5) is 0 Å². The highest BCUT2D eigenvalue weighted by Gasteiger charge is 2.25. The lowest BCUT2D eigenvalue weighted by Crippen LogP contribution is -2.51. The molecule has 0 spiro atoms. The Morgan fingerprint density at radius 1 is 1.24 bits per heavy atom. The zero-order valence-electron chi connectivity index (χ0n) is 10.5. The van der Waals surface area contributed by atoms with Crippen LogP contribution in [0.5, 0.6) is 0 Å². The first-order valence-corrected chi connectivity index (χ1v) is 5.79. The second-order valence-electron chi connectivity index (χ2n) is 5.22. The Balaban J connectivity index is 2.36. The maximum Gasteiger partial charge on any atom is 0.317 e. The van der Waals surface area contributed by atoms with Crippen LogP contribution in [0.1, 0.15) is 20.3 Å². The molecule has 6 heteroatoms. The van der Waals surface area contributed by atoms with Gasteiger partial charge in [0.2, 0.25) is 5.91 Å². The van der Waals surface area contributed by atoms with Gasteiger partial charge in [-0.05, 0) is 13.8 Å². The topological polar surface area (TPSA) is 86.9 Å². The molecule has 6 nitrogen and oxygen atoms in total. The number of nitrogens with zero attached hydrogens (tertiary/aromatic N) is 2. The summed E-state index contributed by atoms with van der Waals surface area (Å²) in [6.45, 7) is 6.10. The smallest absolute Gasteiger partial charge is 0.317 e. The second-order valence-corrected chi connectivity index (χ2v) is 5.22. The van der Waals surface area contributed by atoms with Crippen LogP contribution in [0.25, 0.3) is 0 Å². The average molecular weight is 243 g/mol. The Morgan fingerprint density at radius 3 is 2.18 bits per heavy atom. The third-order valence-corrected chi connectivity index (χ3v) is 2.69. The van der Waals surface area contributed by atoms with Crippen LogP contribution in [-0.4, -0.2) is 65.0 Å². The Kier molecular flexibility index (Phi) is 4.47. The van der Waals surface area contributed by atoms with Gasteiger partial charge in [0.25, 0.3) is 0 Å². The summed E-state index contributed by atoms with van der Waals surface area (Å²) < 4.78 is 0. The van der Waals surface area contributed by atoms with Crippen molar-refractivity contribution in [2.75, 3.05) is 32.7 Å². The van der Waals surface area contributed by atoms with Crippen molar-refractivity contribution in [3.8, 4) is 0 Å². The number of rotatable bonds is 4. The van der Waals surface area contributed by atoms with Gasteiger partial charge in [0.1, 0.15) is 0 Å². The predicted octanol–water partition coefficient (Wildman–Crippen LogP) is -0.657. The average Bonchev–Trinajstić information content (AvgIpc) is 2.15. The molecule has 98 valence electrons. The molecule has 1 saturated heterocycles. The molecule has 0 aromatic rings. The van der Waals surface area contributed by atoms with Crippen molar-refractivity contribution in [1.29, 1.82) is 0 Å². The molecule has 0 saturated carbocycles. The molecule has 0 bridgehead atoms. The lowest BCUT2D eigenvalue weighted by Gasteiger charge is -2.35. The molecule has 0 atom stereocenters. The van der Waals surface area contributed by atoms with E-state index in [-0.39, 0.29) is 12.5 Å². The van der Waals surface area contributed by atoms with Crippen LogP contribution in [0.15, 0.2) is 0 Å². The number of carboxylic acid groups (broad SMARTS) is 1. The quantitative estimate of drug-likeness (QED) is 0.684. The number of amides is 1. The molecule has 0 aliphatic carbocycles. The molecule has 1 amide bonds. The number of carbonyl (C=O) groups excluding carboxylic acids is 1. The summed E-state index contributed by atoms with van der Waals surface area (Å²) in [5.41, 5.74) is 5.31. The number of hydrogen-bond acceptors (Lipinski definition) is 4. The zero-order valence-corrected chi connectivity index (χ0v) is 10.5. The van der Waals surface area contributed by atoms with E-state index >= 15 is 0 Å². The Labute approximate surface area is 101 Å². The Morgan fingerprint density at radius 2 is 1.76 bits per heavy atom. The number of nitrogens with two attached hydrogens (primary N) is 1. The van der Waals surface area contributed by atoms with Crippen molar-refractivity contribution in [3.05, 3.63) is 0 Å². The minimum Gasteiger partial charge on any atom is -0.480 e. The van der Waals surface area contributed by atoms with Gasteiger partial charge in [-0.15, -0.1) is 0 Å². The molecule has 1 aliphatic heterocycles. The van der Waals surface area contributed by atoms with E-state index < -0.39 is 11.5 Å². The maximum absolute atomic E-state index is 11.9. The normalized spacial score (nSPS) is 18.2. The lowest BCUT2D eigenvalue weighted by molar-refractivity contribution is -0.139. The molecular formula is C11H21N3O3. The SMILES string of the molecule is CC(C)(N)CC(=O)N1CCN(CC(=O)O)CC1. The lowest BCUT2D eigenvalue weighted by atomic mass is 10.0. The van der Waals surface area contributed by atoms with Gasteiger partial charge in [0, 0.05) is 38.1 Å². The van der Waals surface area contributed by atoms with Crippen LogP contribution in [0, 0.1) is 0 Å². The largest absolute Gasteiger partial charge is 0.480 e. The minimum atomic E-state index is -0.826. The van der Waals surface area contributed by atoms with Crippen molar-refractivity contribution in [2.45, 2.75) is 25.8 Å². The molecule has 0 aromatic heterocycles. The molecule has 0 aromatic carbocycles. The van der Waals surface area contributed by atoms with E-state index in [1.807, 2.05) is 18.7 Å². The summed E-state index contributed by atoms with van der Waals surface area (Å²) in [7, 11) is 0. The second kappa shape index (κ2) is 5.46. The van der Waals surface area contributed by atoms with Gasteiger partial charge in [-0.25, -0.2) is 0 Å². The summed E-state index contributed by atoms with van der Waals surface area (Å²) in [6, 6.07) is 0. The standard InChI is InChI=1S/C11H21N3O3/c1-11(2,12)7-9(15)14-5-3-13(4-6-14)8-10(16)17/h3-8,12H2,1-2H3,(H,16,17). The van der Waals surface area contributed by atoms with Gasteiger partial charge >= 0.3 is 5.97 Å². The molecule has 1 heterocycles. The number of aliphatic carboxylic acids is 1. The van der Waals surface area contributed by atoms with Crippen molar-refractivity contribution in [2.24, 2.45) is 5.73 Å². The predicted molar refractivity (Wildman–Crippen MR) is 63.5 cm³/mol. The van der Waals surface area contributed by atoms with E-state index in [1.54, 1.807) is 4.90 Å². The van der Waals surface area contributed by atoms with E-state index in [0.29, 0.717) is 32.6 Å². The first-order chi connectivity index (χ1) is 7.78. The molecule has 0 radical (unpaired) electrons. The van der Waals surface area contributed by atoms with Crippen LogP contribution in [-0.2, 0) is 9.59 Å². The molecule has 17 heavy (non-hydrogen) atoms. The van der Waals surface area contributed by atoms with Gasteiger partial charge < -0.3 is 15.7 Å². The van der Waals surface area contributed by atoms with E-state index in [0.717, 1.165) is 0 Å². The first-order valence-electron chi connectivity index (χ1n) is 5.79. The molecule has 3 N–H and O–H groups in total. The van der Waals surface area contributed by atoms with Gasteiger partial charge in [-0.3, -0.25) is 14.5 Å². The van der Waals surface area contributed by atoms with E-state index in [1.165, 1.54) is 0 Å². The van der Waals surface area contributed by atoms with Crippen LogP contribution >= 0.6 is 0 Å². The van der Waals surface area contributed by atoms with Gasteiger partial charge in [-0.1, -0.05) is 0 Å². The summed E-state index contributed by atoms with van der Waals surface area (Å²) in [5, 5.41) is 8.65. The van der Waals surface area contributed by atoms with Gasteiger partial charge in [0.05, 0.1) is 6.54 Å². The van der Waals surface area contributed by atoms with Gasteiger partial charge in [0.15, 0.2) is 0 Å². The highest BCUT2D eigenvalue weighted by Crippen LogP contribution is 2.09. The zero-order chi connectivity index (χ0) is 13.1. The fourth-order valence-corrected chi connectivity index (χ4v) is 1.85. The van der Waals surface area contributed by atoms with Crippen molar-refractivity contribution in [1.82, 2.24) is 9.80 Å².